The van der Waals surface area contributed by atoms with Crippen molar-refractivity contribution in [2.45, 2.75) is 13.0 Å². The van der Waals surface area contributed by atoms with Crippen molar-refractivity contribution in [3.63, 3.8) is 0 Å². The molecule has 20 heavy (non-hydrogen) atoms. The lowest BCUT2D eigenvalue weighted by molar-refractivity contribution is 0.626. The van der Waals surface area contributed by atoms with E-state index in [1.807, 2.05) is 21.0 Å². The molecule has 0 spiro atoms. The van der Waals surface area contributed by atoms with Gasteiger partial charge in [0.25, 0.3) is 0 Å². The van der Waals surface area contributed by atoms with Crippen LogP contribution in [0.2, 0.25) is 5.28 Å². The zero-order valence-electron chi connectivity index (χ0n) is 11.4. The Balaban J connectivity index is 2.18. The van der Waals surface area contributed by atoms with Crippen LogP contribution < -0.4 is 10.2 Å². The van der Waals surface area contributed by atoms with Crippen LogP contribution in [0.4, 0.5) is 16.3 Å². The second-order valence-electron chi connectivity index (χ2n) is 4.54. The van der Waals surface area contributed by atoms with E-state index >= 15 is 0 Å². The molecule has 0 aliphatic rings. The number of aromatic nitrogens is 3. The highest BCUT2D eigenvalue weighted by atomic mass is 35.5. The van der Waals surface area contributed by atoms with Gasteiger partial charge in [0.15, 0.2) is 0 Å². The molecule has 1 heterocycles. The highest BCUT2D eigenvalue weighted by molar-refractivity contribution is 6.28. The third-order valence-corrected chi connectivity index (χ3v) is 2.88. The lowest BCUT2D eigenvalue weighted by atomic mass is 10.1. The first-order valence-electron chi connectivity index (χ1n) is 6.06. The highest BCUT2D eigenvalue weighted by Gasteiger charge is 2.10. The fraction of sp³-hybridized carbons (Fsp3) is 0.308. The van der Waals surface area contributed by atoms with Crippen molar-refractivity contribution >= 4 is 23.5 Å². The summed E-state index contributed by atoms with van der Waals surface area (Å²) >= 11 is 5.87. The minimum absolute atomic E-state index is 0.0796. The third-order valence-electron chi connectivity index (χ3n) is 2.71. The Kier molecular flexibility index (Phi) is 4.34. The first-order valence-corrected chi connectivity index (χ1v) is 6.44. The Hall–Kier alpha value is -1.95. The second kappa shape index (κ2) is 6.00. The zero-order valence-corrected chi connectivity index (χ0v) is 12.2. The summed E-state index contributed by atoms with van der Waals surface area (Å²) in [6.07, 6.45) is 0. The largest absolute Gasteiger partial charge is 0.348 e. The van der Waals surface area contributed by atoms with E-state index in [9.17, 15) is 4.39 Å². The molecular weight excluding hydrogens is 281 g/mol. The molecule has 7 heteroatoms. The molecule has 106 valence electrons. The molecule has 2 aromatic rings. The van der Waals surface area contributed by atoms with Gasteiger partial charge in [-0.05, 0) is 36.2 Å². The Morgan fingerprint density at radius 1 is 1.15 bits per heavy atom. The molecule has 0 saturated heterocycles. The van der Waals surface area contributed by atoms with Gasteiger partial charge in [-0.25, -0.2) is 4.39 Å². The average molecular weight is 296 g/mol. The molecule has 0 bridgehead atoms. The average Bonchev–Trinajstić information content (AvgIpc) is 2.38. The number of nitrogens with one attached hydrogen (secondary N) is 1. The van der Waals surface area contributed by atoms with Gasteiger partial charge in [0.05, 0.1) is 6.04 Å². The molecule has 1 N–H and O–H groups in total. The summed E-state index contributed by atoms with van der Waals surface area (Å²) in [7, 11) is 3.64. The molecule has 1 unspecified atom stereocenters. The van der Waals surface area contributed by atoms with Crippen molar-refractivity contribution in [1.82, 2.24) is 15.0 Å². The van der Waals surface area contributed by atoms with Crippen molar-refractivity contribution in [3.05, 3.63) is 40.9 Å². The summed E-state index contributed by atoms with van der Waals surface area (Å²) in [5, 5.41) is 3.24. The van der Waals surface area contributed by atoms with E-state index in [0.29, 0.717) is 11.9 Å². The second-order valence-corrected chi connectivity index (χ2v) is 4.88. The first kappa shape index (κ1) is 14.5. The Morgan fingerprint density at radius 3 is 2.40 bits per heavy atom. The van der Waals surface area contributed by atoms with E-state index in [0.717, 1.165) is 5.56 Å². The monoisotopic (exact) mass is 295 g/mol. The van der Waals surface area contributed by atoms with Crippen molar-refractivity contribution < 1.29 is 4.39 Å². The minimum atomic E-state index is -0.265. The third kappa shape index (κ3) is 3.54. The molecule has 5 nitrogen and oxygen atoms in total. The summed E-state index contributed by atoms with van der Waals surface area (Å²) in [6.45, 7) is 1.93. The van der Waals surface area contributed by atoms with Gasteiger partial charge in [-0.1, -0.05) is 12.1 Å². The topological polar surface area (TPSA) is 53.9 Å². The van der Waals surface area contributed by atoms with E-state index in [1.165, 1.54) is 12.1 Å². The summed E-state index contributed by atoms with van der Waals surface area (Å²) in [4.78, 5) is 14.0. The van der Waals surface area contributed by atoms with Crippen molar-refractivity contribution in [2.75, 3.05) is 24.3 Å². The highest BCUT2D eigenvalue weighted by Crippen LogP contribution is 2.19. The number of anilines is 2. The van der Waals surface area contributed by atoms with Gasteiger partial charge >= 0.3 is 0 Å². The first-order chi connectivity index (χ1) is 9.45. The maximum absolute atomic E-state index is 12.9. The fourth-order valence-electron chi connectivity index (χ4n) is 1.63. The number of halogens is 2. The predicted octanol–water partition coefficient (Wildman–Crippen LogP) is 2.90. The van der Waals surface area contributed by atoms with Crippen LogP contribution in [0.1, 0.15) is 18.5 Å². The molecule has 0 aliphatic heterocycles. The SMILES string of the molecule is CC(Nc1nc(Cl)nc(N(C)C)n1)c1ccc(F)cc1. The van der Waals surface area contributed by atoms with Crippen LogP contribution in [0.25, 0.3) is 0 Å². The van der Waals surface area contributed by atoms with E-state index in [-0.39, 0.29) is 17.1 Å². The number of hydrogen-bond acceptors (Lipinski definition) is 5. The van der Waals surface area contributed by atoms with E-state index in [1.54, 1.807) is 17.0 Å². The zero-order chi connectivity index (χ0) is 14.7. The summed E-state index contributed by atoms with van der Waals surface area (Å²) in [5.74, 6) is 0.586. The molecule has 0 radical (unpaired) electrons. The van der Waals surface area contributed by atoms with Crippen LogP contribution in [-0.4, -0.2) is 29.0 Å². The Bertz CT molecular complexity index is 588. The molecule has 0 aliphatic carbocycles. The molecule has 1 aromatic heterocycles. The molecule has 0 amide bonds. The minimum Gasteiger partial charge on any atom is -0.348 e. The van der Waals surface area contributed by atoms with E-state index in [2.05, 4.69) is 20.3 Å². The molecule has 1 aromatic carbocycles. The van der Waals surface area contributed by atoms with Crippen LogP contribution in [-0.2, 0) is 0 Å². The van der Waals surface area contributed by atoms with Crippen LogP contribution in [0.15, 0.2) is 24.3 Å². The molecule has 2 rings (SSSR count). The van der Waals surface area contributed by atoms with Gasteiger partial charge in [-0.3, -0.25) is 0 Å². The van der Waals surface area contributed by atoms with Gasteiger partial charge in [-0.15, -0.1) is 0 Å². The van der Waals surface area contributed by atoms with Crippen LogP contribution in [0.3, 0.4) is 0 Å². The quantitative estimate of drug-likeness (QED) is 0.940. The van der Waals surface area contributed by atoms with E-state index < -0.39 is 0 Å². The smallest absolute Gasteiger partial charge is 0.230 e. The maximum Gasteiger partial charge on any atom is 0.230 e. The predicted molar refractivity (Wildman–Crippen MR) is 77.6 cm³/mol. The Labute approximate surface area is 121 Å². The summed E-state index contributed by atoms with van der Waals surface area (Å²) in [5.41, 5.74) is 0.925. The normalized spacial score (nSPS) is 12.1. The molecule has 1 atom stereocenters. The van der Waals surface area contributed by atoms with Crippen LogP contribution in [0, 0.1) is 5.82 Å². The van der Waals surface area contributed by atoms with Crippen molar-refractivity contribution in [1.29, 1.82) is 0 Å². The Morgan fingerprint density at radius 2 is 1.80 bits per heavy atom. The number of benzene rings is 1. The number of rotatable bonds is 4. The number of hydrogen-bond donors (Lipinski definition) is 1. The fourth-order valence-corrected chi connectivity index (χ4v) is 1.79. The molecule has 0 fully saturated rings. The summed E-state index contributed by atoms with van der Waals surface area (Å²) in [6, 6.07) is 6.17. The van der Waals surface area contributed by atoms with Crippen LogP contribution in [0.5, 0.6) is 0 Å². The van der Waals surface area contributed by atoms with Gasteiger partial charge in [-0.2, -0.15) is 15.0 Å². The van der Waals surface area contributed by atoms with Gasteiger partial charge in [0, 0.05) is 14.1 Å². The lowest BCUT2D eigenvalue weighted by Crippen LogP contribution is -2.16. The van der Waals surface area contributed by atoms with Crippen molar-refractivity contribution in [3.8, 4) is 0 Å². The van der Waals surface area contributed by atoms with Gasteiger partial charge < -0.3 is 10.2 Å². The molecule has 0 saturated carbocycles. The van der Waals surface area contributed by atoms with Crippen LogP contribution >= 0.6 is 11.6 Å². The molecular formula is C13H15ClFN5. The number of nitrogens with zero attached hydrogens (tertiary/aromatic N) is 4. The summed E-state index contributed by atoms with van der Waals surface area (Å²) < 4.78 is 12.9. The van der Waals surface area contributed by atoms with Gasteiger partial charge in [0.2, 0.25) is 17.2 Å². The maximum atomic E-state index is 12.9. The lowest BCUT2D eigenvalue weighted by Gasteiger charge is -2.16. The van der Waals surface area contributed by atoms with Gasteiger partial charge in [0.1, 0.15) is 5.82 Å². The van der Waals surface area contributed by atoms with E-state index in [4.69, 9.17) is 11.6 Å². The van der Waals surface area contributed by atoms with Crippen molar-refractivity contribution in [2.24, 2.45) is 0 Å². The standard InChI is InChI=1S/C13H15ClFN5/c1-8(9-4-6-10(15)7-5-9)16-12-17-11(14)18-13(19-12)20(2)3/h4-8H,1-3H3,(H,16,17,18,19).